The number of nitrogens with zero attached hydrogens (tertiary/aromatic N) is 1. The molecule has 6 heteroatoms. The highest BCUT2D eigenvalue weighted by molar-refractivity contribution is 5.97. The lowest BCUT2D eigenvalue weighted by atomic mass is 10.1. The lowest BCUT2D eigenvalue weighted by molar-refractivity contribution is 0.0681. The number of ether oxygens (including phenoxy) is 2. The lowest BCUT2D eigenvalue weighted by Gasteiger charge is -2.21. The third kappa shape index (κ3) is 3.84. The predicted molar refractivity (Wildman–Crippen MR) is 69.6 cm³/mol. The summed E-state index contributed by atoms with van der Waals surface area (Å²) in [6.45, 7) is -0.00241. The maximum atomic E-state index is 12.3. The molecule has 0 atom stereocenters. The van der Waals surface area contributed by atoms with Crippen LogP contribution < -0.4 is 9.47 Å². The second kappa shape index (κ2) is 7.60. The van der Waals surface area contributed by atoms with Crippen LogP contribution in [0.1, 0.15) is 10.4 Å². The smallest absolute Gasteiger partial charge is 0.257 e. The summed E-state index contributed by atoms with van der Waals surface area (Å²) in [5, 5.41) is 17.9. The van der Waals surface area contributed by atoms with Crippen LogP contribution in [0.15, 0.2) is 18.2 Å². The van der Waals surface area contributed by atoms with Gasteiger partial charge in [0.2, 0.25) is 0 Å². The standard InChI is InChI=1S/C13H19NO5/c1-18-10-3-4-11(12(9-10)19-2)13(17)14(5-7-15)6-8-16/h3-4,9,15-16H,5-8H2,1-2H3. The van der Waals surface area contributed by atoms with Gasteiger partial charge in [0.1, 0.15) is 11.5 Å². The number of hydrogen-bond acceptors (Lipinski definition) is 5. The average molecular weight is 269 g/mol. The molecule has 0 aliphatic carbocycles. The van der Waals surface area contributed by atoms with E-state index in [0.29, 0.717) is 17.1 Å². The number of aliphatic hydroxyl groups is 2. The van der Waals surface area contributed by atoms with Crippen molar-refractivity contribution in [3.63, 3.8) is 0 Å². The number of carbonyl (C=O) groups is 1. The third-order valence-electron chi connectivity index (χ3n) is 2.67. The molecule has 0 aliphatic rings. The van der Waals surface area contributed by atoms with Gasteiger partial charge in [-0.2, -0.15) is 0 Å². The Balaban J connectivity index is 3.02. The van der Waals surface area contributed by atoms with Crippen LogP contribution in [0, 0.1) is 0 Å². The van der Waals surface area contributed by atoms with Crippen LogP contribution >= 0.6 is 0 Å². The molecule has 0 bridgehead atoms. The van der Waals surface area contributed by atoms with E-state index in [4.69, 9.17) is 19.7 Å². The quantitative estimate of drug-likeness (QED) is 0.735. The van der Waals surface area contributed by atoms with Crippen LogP contribution in [0.4, 0.5) is 0 Å². The zero-order valence-electron chi connectivity index (χ0n) is 11.1. The summed E-state index contributed by atoms with van der Waals surface area (Å²) in [6.07, 6.45) is 0. The van der Waals surface area contributed by atoms with Crippen LogP contribution in [0.25, 0.3) is 0 Å². The number of carbonyl (C=O) groups excluding carboxylic acids is 1. The van der Waals surface area contributed by atoms with Crippen LogP contribution in [-0.2, 0) is 0 Å². The van der Waals surface area contributed by atoms with E-state index in [-0.39, 0.29) is 32.2 Å². The Morgan fingerprint density at radius 2 is 1.79 bits per heavy atom. The maximum absolute atomic E-state index is 12.3. The molecule has 19 heavy (non-hydrogen) atoms. The Hall–Kier alpha value is -1.79. The van der Waals surface area contributed by atoms with E-state index in [1.807, 2.05) is 0 Å². The first-order chi connectivity index (χ1) is 9.17. The molecule has 2 N–H and O–H groups in total. The molecule has 106 valence electrons. The minimum atomic E-state index is -0.303. The summed E-state index contributed by atoms with van der Waals surface area (Å²) < 4.78 is 10.2. The summed E-state index contributed by atoms with van der Waals surface area (Å²) in [5.74, 6) is 0.678. The van der Waals surface area contributed by atoms with E-state index in [9.17, 15) is 4.79 Å². The number of rotatable bonds is 7. The Bertz CT molecular complexity index is 415. The molecule has 1 rings (SSSR count). The van der Waals surface area contributed by atoms with Crippen molar-refractivity contribution in [3.05, 3.63) is 23.8 Å². The fraction of sp³-hybridized carbons (Fsp3) is 0.462. The Morgan fingerprint density at radius 1 is 1.16 bits per heavy atom. The Kier molecular flexibility index (Phi) is 6.11. The number of benzene rings is 1. The number of methoxy groups -OCH3 is 2. The van der Waals surface area contributed by atoms with E-state index in [2.05, 4.69) is 0 Å². The van der Waals surface area contributed by atoms with E-state index < -0.39 is 0 Å². The van der Waals surface area contributed by atoms with Crippen molar-refractivity contribution in [2.75, 3.05) is 40.5 Å². The lowest BCUT2D eigenvalue weighted by Crippen LogP contribution is -2.36. The Labute approximate surface area is 112 Å². The largest absolute Gasteiger partial charge is 0.497 e. The van der Waals surface area contributed by atoms with Crippen molar-refractivity contribution < 1.29 is 24.5 Å². The van der Waals surface area contributed by atoms with Crippen LogP contribution in [0.2, 0.25) is 0 Å². The topological polar surface area (TPSA) is 79.2 Å². The molecular weight excluding hydrogens is 250 g/mol. The molecule has 0 heterocycles. The molecule has 0 radical (unpaired) electrons. The number of hydrogen-bond donors (Lipinski definition) is 2. The maximum Gasteiger partial charge on any atom is 0.257 e. The van der Waals surface area contributed by atoms with Gasteiger partial charge in [0.25, 0.3) is 5.91 Å². The van der Waals surface area contributed by atoms with Crippen LogP contribution in [0.5, 0.6) is 11.5 Å². The second-order valence-corrected chi connectivity index (χ2v) is 3.81. The van der Waals surface area contributed by atoms with Crippen molar-refractivity contribution in [1.29, 1.82) is 0 Å². The summed E-state index contributed by atoms with van der Waals surface area (Å²) in [7, 11) is 2.99. The zero-order chi connectivity index (χ0) is 14.3. The van der Waals surface area contributed by atoms with E-state index in [1.165, 1.54) is 19.1 Å². The number of aliphatic hydroxyl groups excluding tert-OH is 2. The van der Waals surface area contributed by atoms with E-state index in [0.717, 1.165) is 0 Å². The molecule has 1 amide bonds. The Morgan fingerprint density at radius 3 is 2.26 bits per heavy atom. The number of amides is 1. The van der Waals surface area contributed by atoms with E-state index >= 15 is 0 Å². The van der Waals surface area contributed by atoms with Gasteiger partial charge in [-0.15, -0.1) is 0 Å². The first-order valence-electron chi connectivity index (χ1n) is 5.91. The monoisotopic (exact) mass is 269 g/mol. The normalized spacial score (nSPS) is 10.1. The molecule has 0 unspecified atom stereocenters. The fourth-order valence-corrected chi connectivity index (χ4v) is 1.70. The molecule has 0 saturated carbocycles. The van der Waals surface area contributed by atoms with Crippen molar-refractivity contribution in [2.45, 2.75) is 0 Å². The third-order valence-corrected chi connectivity index (χ3v) is 2.67. The molecule has 0 aliphatic heterocycles. The summed E-state index contributed by atoms with van der Waals surface area (Å²) in [4.78, 5) is 13.7. The molecule has 6 nitrogen and oxygen atoms in total. The predicted octanol–water partition coefficient (Wildman–Crippen LogP) is 0.131. The molecule has 0 spiro atoms. The van der Waals surface area contributed by atoms with Gasteiger partial charge in [0, 0.05) is 19.2 Å². The zero-order valence-corrected chi connectivity index (χ0v) is 11.1. The van der Waals surface area contributed by atoms with Crippen molar-refractivity contribution in [3.8, 4) is 11.5 Å². The minimum absolute atomic E-state index is 0.161. The van der Waals surface area contributed by atoms with Gasteiger partial charge in [0.05, 0.1) is 33.0 Å². The van der Waals surface area contributed by atoms with Gasteiger partial charge in [-0.25, -0.2) is 0 Å². The second-order valence-electron chi connectivity index (χ2n) is 3.81. The van der Waals surface area contributed by atoms with E-state index in [1.54, 1.807) is 18.2 Å². The highest BCUT2D eigenvalue weighted by Gasteiger charge is 2.19. The molecule has 1 aromatic rings. The van der Waals surface area contributed by atoms with Gasteiger partial charge in [-0.05, 0) is 12.1 Å². The molecular formula is C13H19NO5. The summed E-state index contributed by atoms with van der Waals surface area (Å²) in [6, 6.07) is 4.87. The van der Waals surface area contributed by atoms with Gasteiger partial charge in [-0.3, -0.25) is 4.79 Å². The van der Waals surface area contributed by atoms with Crippen molar-refractivity contribution >= 4 is 5.91 Å². The highest BCUT2D eigenvalue weighted by atomic mass is 16.5. The highest BCUT2D eigenvalue weighted by Crippen LogP contribution is 2.25. The molecule has 1 aromatic carbocycles. The minimum Gasteiger partial charge on any atom is -0.497 e. The first-order valence-corrected chi connectivity index (χ1v) is 5.91. The van der Waals surface area contributed by atoms with Crippen LogP contribution in [-0.4, -0.2) is 61.5 Å². The summed E-state index contributed by atoms with van der Waals surface area (Å²) in [5.41, 5.74) is 0.366. The summed E-state index contributed by atoms with van der Waals surface area (Å²) >= 11 is 0. The van der Waals surface area contributed by atoms with Gasteiger partial charge in [-0.1, -0.05) is 0 Å². The molecule has 0 fully saturated rings. The first kappa shape index (κ1) is 15.3. The van der Waals surface area contributed by atoms with Crippen LogP contribution in [0.3, 0.4) is 0 Å². The average Bonchev–Trinajstić information content (AvgIpc) is 2.45. The van der Waals surface area contributed by atoms with Gasteiger partial charge >= 0.3 is 0 Å². The SMILES string of the molecule is COc1ccc(C(=O)N(CCO)CCO)c(OC)c1. The van der Waals surface area contributed by atoms with Crippen molar-refractivity contribution in [2.24, 2.45) is 0 Å². The van der Waals surface area contributed by atoms with Gasteiger partial charge < -0.3 is 24.6 Å². The van der Waals surface area contributed by atoms with Crippen molar-refractivity contribution in [1.82, 2.24) is 4.90 Å². The molecule has 0 saturated heterocycles. The fourth-order valence-electron chi connectivity index (χ4n) is 1.70. The van der Waals surface area contributed by atoms with Gasteiger partial charge in [0.15, 0.2) is 0 Å². The molecule has 0 aromatic heterocycles.